The van der Waals surface area contributed by atoms with Crippen LogP contribution in [0.2, 0.25) is 0 Å². The summed E-state index contributed by atoms with van der Waals surface area (Å²) in [5.41, 5.74) is 3.82. The monoisotopic (exact) mass is 344 g/mol. The van der Waals surface area contributed by atoms with Gasteiger partial charge in [-0.15, -0.1) is 24.8 Å². The van der Waals surface area contributed by atoms with Crippen LogP contribution in [-0.4, -0.2) is 22.7 Å². The lowest BCUT2D eigenvalue weighted by molar-refractivity contribution is -0.116. The van der Waals surface area contributed by atoms with Gasteiger partial charge in [0.15, 0.2) is 0 Å². The number of para-hydroxylation sites is 1. The number of hydrogen-bond donors (Lipinski definition) is 2. The quantitative estimate of drug-likeness (QED) is 0.876. The summed E-state index contributed by atoms with van der Waals surface area (Å²) in [6.07, 6.45) is 0. The summed E-state index contributed by atoms with van der Waals surface area (Å²) in [6, 6.07) is 9.74. The van der Waals surface area contributed by atoms with Gasteiger partial charge < -0.3 is 10.6 Å². The number of halogens is 2. The van der Waals surface area contributed by atoms with E-state index >= 15 is 0 Å². The molecule has 0 atom stereocenters. The van der Waals surface area contributed by atoms with Crippen molar-refractivity contribution in [3.63, 3.8) is 0 Å². The van der Waals surface area contributed by atoms with E-state index in [1.807, 2.05) is 51.2 Å². The van der Waals surface area contributed by atoms with Crippen molar-refractivity contribution in [1.82, 2.24) is 15.1 Å². The molecule has 0 fully saturated rings. The SMILES string of the molecule is CNCc1ccccc1NC(=O)Cn1nc(C)cc1C.Cl.Cl. The lowest BCUT2D eigenvalue weighted by Crippen LogP contribution is -2.21. The minimum absolute atomic E-state index is 0. The second-order valence-corrected chi connectivity index (χ2v) is 4.82. The average Bonchev–Trinajstić information content (AvgIpc) is 2.70. The molecule has 1 amide bonds. The van der Waals surface area contributed by atoms with Crippen molar-refractivity contribution >= 4 is 36.4 Å². The maximum atomic E-state index is 12.1. The van der Waals surface area contributed by atoms with E-state index in [1.165, 1.54) is 0 Å². The van der Waals surface area contributed by atoms with E-state index in [2.05, 4.69) is 15.7 Å². The van der Waals surface area contributed by atoms with Crippen molar-refractivity contribution in [1.29, 1.82) is 0 Å². The third kappa shape index (κ3) is 5.33. The fraction of sp³-hybridized carbons (Fsp3) is 0.333. The molecule has 1 heterocycles. The number of amides is 1. The Balaban J connectivity index is 0.00000220. The summed E-state index contributed by atoms with van der Waals surface area (Å²) in [5.74, 6) is -0.0697. The smallest absolute Gasteiger partial charge is 0.246 e. The van der Waals surface area contributed by atoms with E-state index in [-0.39, 0.29) is 37.3 Å². The minimum Gasteiger partial charge on any atom is -0.324 e. The maximum Gasteiger partial charge on any atom is 0.246 e. The van der Waals surface area contributed by atoms with Crippen LogP contribution in [0.5, 0.6) is 0 Å². The summed E-state index contributed by atoms with van der Waals surface area (Å²) >= 11 is 0. The molecule has 7 heteroatoms. The standard InChI is InChI=1S/C15H20N4O.2ClH/c1-11-8-12(2)19(18-11)10-15(20)17-14-7-5-4-6-13(14)9-16-3;;/h4-8,16H,9-10H2,1-3H3,(H,17,20);2*1H. The van der Waals surface area contributed by atoms with Crippen molar-refractivity contribution in [2.24, 2.45) is 0 Å². The number of anilines is 1. The highest BCUT2D eigenvalue weighted by Gasteiger charge is 2.09. The predicted molar refractivity (Wildman–Crippen MR) is 94.0 cm³/mol. The van der Waals surface area contributed by atoms with Crippen LogP contribution in [0.1, 0.15) is 17.0 Å². The molecule has 0 spiro atoms. The molecule has 2 aromatic rings. The Hall–Kier alpha value is -1.56. The number of benzene rings is 1. The third-order valence-corrected chi connectivity index (χ3v) is 3.06. The Labute approximate surface area is 143 Å². The molecule has 0 saturated heterocycles. The van der Waals surface area contributed by atoms with Gasteiger partial charge in [-0.05, 0) is 38.6 Å². The first-order valence-corrected chi connectivity index (χ1v) is 6.63. The average molecular weight is 345 g/mol. The second kappa shape index (κ2) is 9.46. The molecule has 2 rings (SSSR count). The first-order chi connectivity index (χ1) is 9.60. The zero-order valence-corrected chi connectivity index (χ0v) is 14.6. The molecule has 0 saturated carbocycles. The maximum absolute atomic E-state index is 12.1. The van der Waals surface area contributed by atoms with Gasteiger partial charge in [-0.25, -0.2) is 0 Å². The van der Waals surface area contributed by atoms with E-state index in [9.17, 15) is 4.79 Å². The fourth-order valence-electron chi connectivity index (χ4n) is 2.15. The molecule has 0 aliphatic rings. The molecule has 1 aromatic carbocycles. The van der Waals surface area contributed by atoms with Gasteiger partial charge in [0.2, 0.25) is 5.91 Å². The molecule has 122 valence electrons. The summed E-state index contributed by atoms with van der Waals surface area (Å²) < 4.78 is 1.71. The van der Waals surface area contributed by atoms with E-state index < -0.39 is 0 Å². The van der Waals surface area contributed by atoms with Crippen molar-refractivity contribution in [3.05, 3.63) is 47.3 Å². The number of carbonyl (C=O) groups excluding carboxylic acids is 1. The summed E-state index contributed by atoms with van der Waals surface area (Å²) in [4.78, 5) is 12.1. The van der Waals surface area contributed by atoms with Gasteiger partial charge >= 0.3 is 0 Å². The van der Waals surface area contributed by atoms with Gasteiger partial charge in [-0.1, -0.05) is 18.2 Å². The van der Waals surface area contributed by atoms with Crippen LogP contribution < -0.4 is 10.6 Å². The van der Waals surface area contributed by atoms with Crippen molar-refractivity contribution in [2.45, 2.75) is 26.9 Å². The zero-order valence-electron chi connectivity index (χ0n) is 12.9. The van der Waals surface area contributed by atoms with Crippen molar-refractivity contribution in [3.8, 4) is 0 Å². The molecular weight excluding hydrogens is 323 g/mol. The van der Waals surface area contributed by atoms with Crippen LogP contribution in [0.15, 0.2) is 30.3 Å². The van der Waals surface area contributed by atoms with E-state index in [1.54, 1.807) is 4.68 Å². The number of nitrogens with zero attached hydrogens (tertiary/aromatic N) is 2. The molecule has 22 heavy (non-hydrogen) atoms. The van der Waals surface area contributed by atoms with Gasteiger partial charge in [-0.3, -0.25) is 9.48 Å². The van der Waals surface area contributed by atoms with Crippen LogP contribution >= 0.6 is 24.8 Å². The molecule has 0 bridgehead atoms. The van der Waals surface area contributed by atoms with Gasteiger partial charge in [0.1, 0.15) is 6.54 Å². The molecule has 2 N–H and O–H groups in total. The van der Waals surface area contributed by atoms with E-state index in [4.69, 9.17) is 0 Å². The van der Waals surface area contributed by atoms with Gasteiger partial charge in [0.25, 0.3) is 0 Å². The first-order valence-electron chi connectivity index (χ1n) is 6.63. The van der Waals surface area contributed by atoms with E-state index in [0.29, 0.717) is 0 Å². The molecule has 0 unspecified atom stereocenters. The molecule has 0 radical (unpaired) electrons. The Morgan fingerprint density at radius 3 is 2.50 bits per heavy atom. The van der Waals surface area contributed by atoms with Crippen molar-refractivity contribution < 1.29 is 4.79 Å². The first kappa shape index (κ1) is 20.4. The lowest BCUT2D eigenvalue weighted by Gasteiger charge is -2.11. The van der Waals surface area contributed by atoms with Crippen LogP contribution in [0, 0.1) is 13.8 Å². The predicted octanol–water partition coefficient (Wildman–Crippen LogP) is 2.70. The number of aromatic nitrogens is 2. The molecule has 5 nitrogen and oxygen atoms in total. The van der Waals surface area contributed by atoms with Gasteiger partial charge in [0.05, 0.1) is 5.69 Å². The summed E-state index contributed by atoms with van der Waals surface area (Å²) in [7, 11) is 1.88. The Kier molecular flexibility index (Phi) is 8.79. The number of carbonyl (C=O) groups is 1. The highest BCUT2D eigenvalue weighted by atomic mass is 35.5. The number of nitrogens with one attached hydrogen (secondary N) is 2. The largest absolute Gasteiger partial charge is 0.324 e. The molecule has 0 aliphatic carbocycles. The lowest BCUT2D eigenvalue weighted by atomic mass is 10.1. The number of aryl methyl sites for hydroxylation is 2. The number of rotatable bonds is 5. The fourth-order valence-corrected chi connectivity index (χ4v) is 2.15. The second-order valence-electron chi connectivity index (χ2n) is 4.82. The third-order valence-electron chi connectivity index (χ3n) is 3.06. The topological polar surface area (TPSA) is 58.9 Å². The highest BCUT2D eigenvalue weighted by Crippen LogP contribution is 2.14. The summed E-state index contributed by atoms with van der Waals surface area (Å²) in [6.45, 7) is 4.82. The summed E-state index contributed by atoms with van der Waals surface area (Å²) in [5, 5.41) is 10.3. The van der Waals surface area contributed by atoms with Crippen molar-refractivity contribution in [2.75, 3.05) is 12.4 Å². The molecule has 0 aliphatic heterocycles. The van der Waals surface area contributed by atoms with Gasteiger partial charge in [0, 0.05) is 17.9 Å². The van der Waals surface area contributed by atoms with Crippen LogP contribution in [0.3, 0.4) is 0 Å². The zero-order chi connectivity index (χ0) is 14.5. The van der Waals surface area contributed by atoms with E-state index in [0.717, 1.165) is 29.2 Å². The van der Waals surface area contributed by atoms with Crippen LogP contribution in [0.4, 0.5) is 5.69 Å². The highest BCUT2D eigenvalue weighted by molar-refractivity contribution is 5.91. The molecular formula is C15H22Cl2N4O. The van der Waals surface area contributed by atoms with Gasteiger partial charge in [-0.2, -0.15) is 5.10 Å². The minimum atomic E-state index is -0.0697. The Morgan fingerprint density at radius 1 is 1.23 bits per heavy atom. The Bertz CT molecular complexity index is 613. The number of hydrogen-bond acceptors (Lipinski definition) is 3. The van der Waals surface area contributed by atoms with Crippen LogP contribution in [0.25, 0.3) is 0 Å². The normalized spacial score (nSPS) is 9.59. The van der Waals surface area contributed by atoms with Crippen LogP contribution in [-0.2, 0) is 17.9 Å². The molecule has 1 aromatic heterocycles. The Morgan fingerprint density at radius 2 is 1.91 bits per heavy atom.